The smallest absolute Gasteiger partial charge is 0.387 e. The molecule has 0 fully saturated rings. The predicted octanol–water partition coefficient (Wildman–Crippen LogP) is 14.3. The summed E-state index contributed by atoms with van der Waals surface area (Å²) in [6.45, 7) is 4.79. The van der Waals surface area contributed by atoms with Gasteiger partial charge in [0.25, 0.3) is 0 Å². The highest BCUT2D eigenvalue weighted by Crippen LogP contribution is 2.43. The number of aliphatic hydroxyl groups excluding tert-OH is 1. The molecule has 0 heterocycles. The normalized spacial score (nSPS) is 14.5. The Hall–Kier alpha value is -1.28. The number of amides is 1. The van der Waals surface area contributed by atoms with Gasteiger partial charge in [-0.05, 0) is 57.8 Å². The van der Waals surface area contributed by atoms with E-state index in [1.54, 1.807) is 6.08 Å². The van der Waals surface area contributed by atoms with Gasteiger partial charge in [-0.15, -0.1) is 0 Å². The Morgan fingerprint density at radius 1 is 0.559 bits per heavy atom. The number of nitrogens with zero attached hydrogens (tertiary/aromatic N) is 1. The van der Waals surface area contributed by atoms with Gasteiger partial charge in [0.05, 0.1) is 39.9 Å². The molecule has 0 saturated carbocycles. The Labute approximate surface area is 366 Å². The first-order chi connectivity index (χ1) is 28.5. The van der Waals surface area contributed by atoms with Crippen LogP contribution in [0.1, 0.15) is 226 Å². The van der Waals surface area contributed by atoms with E-state index in [2.05, 4.69) is 43.5 Å². The molecule has 59 heavy (non-hydrogen) atoms. The average molecular weight is 854 g/mol. The standard InChI is InChI=1S/C50H97N2O6P/c1-6-8-10-12-14-16-18-20-21-22-23-24-25-26-27-28-29-30-32-34-36-38-40-42-44-50(54)51-48(47-58-59(55,56)57-46-45-52(3,4)5)49(53)43-41-39-37-35-33-31-19-17-15-13-11-9-7-2/h26-27,33,35,41,43,48-49,53H,6-25,28-32,34,36-40,42,44-47H2,1-5H3,(H-,51,54,55,56)/p+1/b27-26-,35-33+,43-41+. The summed E-state index contributed by atoms with van der Waals surface area (Å²) in [6, 6.07) is -0.863. The first kappa shape index (κ1) is 57.7. The number of unbranched alkanes of at least 4 members (excludes halogenated alkanes) is 28. The number of hydrogen-bond acceptors (Lipinski definition) is 5. The van der Waals surface area contributed by atoms with Gasteiger partial charge >= 0.3 is 7.82 Å². The molecule has 0 rings (SSSR count). The topological polar surface area (TPSA) is 105 Å². The van der Waals surface area contributed by atoms with Crippen molar-refractivity contribution in [3.8, 4) is 0 Å². The molecule has 0 radical (unpaired) electrons. The Balaban J connectivity index is 4.26. The zero-order valence-electron chi connectivity index (χ0n) is 39.5. The minimum absolute atomic E-state index is 0.0557. The van der Waals surface area contributed by atoms with Gasteiger partial charge in [-0.1, -0.05) is 198 Å². The van der Waals surface area contributed by atoms with Crippen molar-refractivity contribution in [3.05, 3.63) is 36.5 Å². The molecular weight excluding hydrogens is 756 g/mol. The molecule has 0 aliphatic rings. The fourth-order valence-electron chi connectivity index (χ4n) is 7.11. The van der Waals surface area contributed by atoms with Crippen LogP contribution in [-0.2, 0) is 18.4 Å². The van der Waals surface area contributed by atoms with Crippen molar-refractivity contribution >= 4 is 13.7 Å². The molecule has 8 nitrogen and oxygen atoms in total. The van der Waals surface area contributed by atoms with Gasteiger partial charge < -0.3 is 19.8 Å². The fraction of sp³-hybridized carbons (Fsp3) is 0.860. The van der Waals surface area contributed by atoms with Gasteiger partial charge in [0.1, 0.15) is 13.2 Å². The molecular formula is C50H98N2O6P+. The van der Waals surface area contributed by atoms with Crippen LogP contribution in [0.2, 0.25) is 0 Å². The fourth-order valence-corrected chi connectivity index (χ4v) is 7.85. The van der Waals surface area contributed by atoms with Crippen LogP contribution in [0.4, 0.5) is 0 Å². The largest absolute Gasteiger partial charge is 0.472 e. The van der Waals surface area contributed by atoms with E-state index >= 15 is 0 Å². The maximum Gasteiger partial charge on any atom is 0.472 e. The number of nitrogens with one attached hydrogen (secondary N) is 1. The third kappa shape index (κ3) is 44.6. The van der Waals surface area contributed by atoms with Crippen molar-refractivity contribution in [2.45, 2.75) is 238 Å². The molecule has 0 saturated heterocycles. The van der Waals surface area contributed by atoms with E-state index in [0.717, 1.165) is 38.5 Å². The molecule has 0 aromatic carbocycles. The zero-order valence-corrected chi connectivity index (χ0v) is 40.4. The summed E-state index contributed by atoms with van der Waals surface area (Å²) in [5, 5.41) is 13.8. The maximum atomic E-state index is 12.9. The Morgan fingerprint density at radius 2 is 0.932 bits per heavy atom. The van der Waals surface area contributed by atoms with Gasteiger partial charge in [0.2, 0.25) is 5.91 Å². The van der Waals surface area contributed by atoms with Crippen LogP contribution in [0, 0.1) is 0 Å². The van der Waals surface area contributed by atoms with Gasteiger partial charge in [0, 0.05) is 6.42 Å². The van der Waals surface area contributed by atoms with E-state index in [4.69, 9.17) is 9.05 Å². The van der Waals surface area contributed by atoms with Crippen LogP contribution in [0.3, 0.4) is 0 Å². The van der Waals surface area contributed by atoms with E-state index in [1.807, 2.05) is 27.2 Å². The van der Waals surface area contributed by atoms with Crippen molar-refractivity contribution in [3.63, 3.8) is 0 Å². The highest BCUT2D eigenvalue weighted by atomic mass is 31.2. The quantitative estimate of drug-likeness (QED) is 0.0244. The van der Waals surface area contributed by atoms with Crippen molar-refractivity contribution in [2.24, 2.45) is 0 Å². The number of quaternary nitrogens is 1. The molecule has 0 bridgehead atoms. The van der Waals surface area contributed by atoms with Gasteiger partial charge in [0.15, 0.2) is 0 Å². The zero-order chi connectivity index (χ0) is 43.6. The van der Waals surface area contributed by atoms with E-state index in [0.29, 0.717) is 17.4 Å². The number of hydrogen-bond donors (Lipinski definition) is 3. The lowest BCUT2D eigenvalue weighted by Gasteiger charge is -2.25. The monoisotopic (exact) mass is 854 g/mol. The number of carbonyl (C=O) groups is 1. The Bertz CT molecular complexity index is 1060. The predicted molar refractivity (Wildman–Crippen MR) is 254 cm³/mol. The van der Waals surface area contributed by atoms with Crippen LogP contribution >= 0.6 is 7.82 Å². The summed E-state index contributed by atoms with van der Waals surface area (Å²) in [5.41, 5.74) is 0. The number of allylic oxidation sites excluding steroid dienone is 5. The minimum atomic E-state index is -4.35. The highest BCUT2D eigenvalue weighted by Gasteiger charge is 2.27. The highest BCUT2D eigenvalue weighted by molar-refractivity contribution is 7.47. The van der Waals surface area contributed by atoms with Crippen molar-refractivity contribution < 1.29 is 32.9 Å². The van der Waals surface area contributed by atoms with Crippen LogP contribution < -0.4 is 5.32 Å². The molecule has 348 valence electrons. The lowest BCUT2D eigenvalue weighted by atomic mass is 10.0. The molecule has 3 unspecified atom stereocenters. The summed E-state index contributed by atoms with van der Waals surface area (Å²) in [6.07, 6.45) is 52.3. The van der Waals surface area contributed by atoms with Crippen LogP contribution in [-0.4, -0.2) is 73.4 Å². The Morgan fingerprint density at radius 3 is 1.36 bits per heavy atom. The van der Waals surface area contributed by atoms with Crippen molar-refractivity contribution in [1.29, 1.82) is 0 Å². The molecule has 1 amide bonds. The molecule has 9 heteroatoms. The third-order valence-electron chi connectivity index (χ3n) is 11.1. The third-order valence-corrected chi connectivity index (χ3v) is 12.1. The van der Waals surface area contributed by atoms with E-state index in [-0.39, 0.29) is 19.1 Å². The summed E-state index contributed by atoms with van der Waals surface area (Å²) < 4.78 is 23.6. The van der Waals surface area contributed by atoms with E-state index < -0.39 is 20.0 Å². The molecule has 0 aromatic rings. The van der Waals surface area contributed by atoms with Gasteiger partial charge in [-0.2, -0.15) is 0 Å². The summed E-state index contributed by atoms with van der Waals surface area (Å²) in [7, 11) is 1.55. The number of carbonyl (C=O) groups excluding carboxylic acids is 1. The number of likely N-dealkylation sites (N-methyl/N-ethyl adjacent to an activating group) is 1. The summed E-state index contributed by atoms with van der Waals surface area (Å²) in [5.74, 6) is -0.190. The molecule has 3 atom stereocenters. The Kier molecular flexibility index (Phi) is 41.1. The number of phosphoric ester groups is 1. The first-order valence-electron chi connectivity index (χ1n) is 24.9. The second kappa shape index (κ2) is 42.0. The van der Waals surface area contributed by atoms with E-state index in [9.17, 15) is 19.4 Å². The lowest BCUT2D eigenvalue weighted by molar-refractivity contribution is -0.870. The van der Waals surface area contributed by atoms with Crippen LogP contribution in [0.15, 0.2) is 36.5 Å². The number of aliphatic hydroxyl groups is 1. The SMILES string of the molecule is CCCCCCCCC/C=C/CC/C=C/C(O)C(COP(=O)(O)OCC[N+](C)(C)C)NC(=O)CCCCCCCCCC/C=C\CCCCCCCCCCCCCC. The van der Waals surface area contributed by atoms with Crippen molar-refractivity contribution in [2.75, 3.05) is 40.9 Å². The molecule has 0 spiro atoms. The maximum absolute atomic E-state index is 12.9. The first-order valence-corrected chi connectivity index (χ1v) is 26.4. The molecule has 3 N–H and O–H groups in total. The van der Waals surface area contributed by atoms with Crippen molar-refractivity contribution in [1.82, 2.24) is 5.32 Å². The average Bonchev–Trinajstić information content (AvgIpc) is 3.19. The molecule has 0 aliphatic carbocycles. The number of rotatable bonds is 45. The van der Waals surface area contributed by atoms with Gasteiger partial charge in [-0.25, -0.2) is 4.57 Å². The summed E-state index contributed by atoms with van der Waals surface area (Å²) >= 11 is 0. The van der Waals surface area contributed by atoms with Crippen LogP contribution in [0.25, 0.3) is 0 Å². The second-order valence-corrected chi connectivity index (χ2v) is 19.6. The lowest BCUT2D eigenvalue weighted by Crippen LogP contribution is -2.45. The molecule has 0 aliphatic heterocycles. The van der Waals surface area contributed by atoms with Gasteiger partial charge in [-0.3, -0.25) is 13.8 Å². The molecule has 0 aromatic heterocycles. The minimum Gasteiger partial charge on any atom is -0.387 e. The second-order valence-electron chi connectivity index (χ2n) is 18.2. The van der Waals surface area contributed by atoms with E-state index in [1.165, 1.54) is 167 Å². The number of phosphoric acid groups is 1. The summed E-state index contributed by atoms with van der Waals surface area (Å²) in [4.78, 5) is 23.2. The van der Waals surface area contributed by atoms with Crippen LogP contribution in [0.5, 0.6) is 0 Å².